The lowest BCUT2D eigenvalue weighted by Crippen LogP contribution is -2.39. The van der Waals surface area contributed by atoms with Crippen LogP contribution in [0.15, 0.2) is 30.3 Å². The van der Waals surface area contributed by atoms with Crippen LogP contribution in [0.4, 0.5) is 0 Å². The smallest absolute Gasteiger partial charge is 0.241 e. The van der Waals surface area contributed by atoms with E-state index in [4.69, 9.17) is 5.26 Å². The SMILES string of the molecule is CN(CCC#N)C(=O)CNC(=O)Cc1ccccc1. The zero-order valence-electron chi connectivity index (χ0n) is 10.9. The summed E-state index contributed by atoms with van der Waals surface area (Å²) in [7, 11) is 1.61. The van der Waals surface area contributed by atoms with Gasteiger partial charge < -0.3 is 10.2 Å². The molecule has 5 heteroatoms. The molecule has 0 aliphatic rings. The minimum atomic E-state index is -0.198. The van der Waals surface area contributed by atoms with Crippen molar-refractivity contribution in [1.82, 2.24) is 10.2 Å². The first kappa shape index (κ1) is 14.7. The predicted octanol–water partition coefficient (Wildman–Crippen LogP) is 0.717. The molecule has 0 unspecified atom stereocenters. The van der Waals surface area contributed by atoms with E-state index < -0.39 is 0 Å². The minimum absolute atomic E-state index is 0.0341. The predicted molar refractivity (Wildman–Crippen MR) is 71.0 cm³/mol. The molecule has 0 atom stereocenters. The molecule has 0 saturated heterocycles. The molecule has 5 nitrogen and oxygen atoms in total. The number of carbonyl (C=O) groups is 2. The lowest BCUT2D eigenvalue weighted by molar-refractivity contribution is -0.131. The Balaban J connectivity index is 2.30. The van der Waals surface area contributed by atoms with Crippen LogP contribution in [-0.2, 0) is 16.0 Å². The molecule has 0 heterocycles. The molecule has 0 bridgehead atoms. The first-order chi connectivity index (χ1) is 9.13. The van der Waals surface area contributed by atoms with Crippen molar-refractivity contribution in [2.24, 2.45) is 0 Å². The number of nitrogens with one attached hydrogen (secondary N) is 1. The van der Waals surface area contributed by atoms with Crippen LogP contribution in [0, 0.1) is 11.3 Å². The second-order valence-electron chi connectivity index (χ2n) is 4.16. The number of rotatable bonds is 6. The minimum Gasteiger partial charge on any atom is -0.347 e. The van der Waals surface area contributed by atoms with E-state index in [0.717, 1.165) is 5.56 Å². The maximum absolute atomic E-state index is 11.6. The largest absolute Gasteiger partial charge is 0.347 e. The Morgan fingerprint density at radius 3 is 2.63 bits per heavy atom. The molecule has 19 heavy (non-hydrogen) atoms. The molecule has 0 spiro atoms. The van der Waals surface area contributed by atoms with Crippen LogP contribution in [0.3, 0.4) is 0 Å². The summed E-state index contributed by atoms with van der Waals surface area (Å²) >= 11 is 0. The summed E-state index contributed by atoms with van der Waals surface area (Å²) in [6, 6.07) is 11.3. The first-order valence-corrected chi connectivity index (χ1v) is 6.05. The Hall–Kier alpha value is -2.35. The number of carbonyl (C=O) groups excluding carboxylic acids is 2. The van der Waals surface area contributed by atoms with Crippen LogP contribution in [0.5, 0.6) is 0 Å². The number of nitrogens with zero attached hydrogens (tertiary/aromatic N) is 2. The number of hydrogen-bond acceptors (Lipinski definition) is 3. The third-order valence-corrected chi connectivity index (χ3v) is 2.63. The molecule has 100 valence electrons. The van der Waals surface area contributed by atoms with Crippen molar-refractivity contribution in [3.63, 3.8) is 0 Å². The third-order valence-electron chi connectivity index (χ3n) is 2.63. The average molecular weight is 259 g/mol. The molecular formula is C14H17N3O2. The highest BCUT2D eigenvalue weighted by Gasteiger charge is 2.10. The summed E-state index contributed by atoms with van der Waals surface area (Å²) in [6.07, 6.45) is 0.552. The fourth-order valence-electron chi connectivity index (χ4n) is 1.50. The topological polar surface area (TPSA) is 73.2 Å². The van der Waals surface area contributed by atoms with Gasteiger partial charge in [-0.3, -0.25) is 9.59 Å². The van der Waals surface area contributed by atoms with Crippen molar-refractivity contribution in [2.45, 2.75) is 12.8 Å². The van der Waals surface area contributed by atoms with E-state index in [1.807, 2.05) is 36.4 Å². The zero-order chi connectivity index (χ0) is 14.1. The fraction of sp³-hybridized carbons (Fsp3) is 0.357. The Kier molecular flexibility index (Phi) is 6.10. The molecule has 1 N–H and O–H groups in total. The van der Waals surface area contributed by atoms with E-state index in [2.05, 4.69) is 5.32 Å². The highest BCUT2D eigenvalue weighted by molar-refractivity contribution is 5.85. The maximum Gasteiger partial charge on any atom is 0.241 e. The molecule has 0 fully saturated rings. The second kappa shape index (κ2) is 7.88. The Morgan fingerprint density at radius 2 is 2.00 bits per heavy atom. The average Bonchev–Trinajstić information content (AvgIpc) is 2.43. The van der Waals surface area contributed by atoms with Gasteiger partial charge in [0.05, 0.1) is 25.5 Å². The summed E-state index contributed by atoms with van der Waals surface area (Å²) in [4.78, 5) is 24.7. The summed E-state index contributed by atoms with van der Waals surface area (Å²) < 4.78 is 0. The van der Waals surface area contributed by atoms with E-state index in [1.165, 1.54) is 4.90 Å². The van der Waals surface area contributed by atoms with Crippen LogP contribution >= 0.6 is 0 Å². The fourth-order valence-corrected chi connectivity index (χ4v) is 1.50. The third kappa shape index (κ3) is 5.68. The normalized spacial score (nSPS) is 9.47. The number of hydrogen-bond donors (Lipinski definition) is 1. The van der Waals surface area contributed by atoms with Crippen molar-refractivity contribution < 1.29 is 9.59 Å². The molecule has 2 amide bonds. The number of benzene rings is 1. The Bertz CT molecular complexity index is 465. The molecule has 0 aliphatic heterocycles. The summed E-state index contributed by atoms with van der Waals surface area (Å²) in [5.74, 6) is -0.384. The van der Waals surface area contributed by atoms with Crippen molar-refractivity contribution in [1.29, 1.82) is 5.26 Å². The molecule has 0 radical (unpaired) electrons. The molecule has 0 saturated carbocycles. The molecule has 1 rings (SSSR count). The van der Waals surface area contributed by atoms with Gasteiger partial charge in [0.25, 0.3) is 0 Å². The van der Waals surface area contributed by atoms with Crippen LogP contribution in [0.2, 0.25) is 0 Å². The van der Waals surface area contributed by atoms with Gasteiger partial charge in [-0.25, -0.2) is 0 Å². The van der Waals surface area contributed by atoms with Gasteiger partial charge in [0.1, 0.15) is 0 Å². The standard InChI is InChI=1S/C14H17N3O2/c1-17(9-5-8-15)14(19)11-16-13(18)10-12-6-3-2-4-7-12/h2-4,6-7H,5,9-11H2,1H3,(H,16,18). The van der Waals surface area contributed by atoms with E-state index in [-0.39, 0.29) is 24.8 Å². The van der Waals surface area contributed by atoms with Crippen molar-refractivity contribution >= 4 is 11.8 Å². The lowest BCUT2D eigenvalue weighted by Gasteiger charge is -2.15. The summed E-state index contributed by atoms with van der Waals surface area (Å²) in [6.45, 7) is 0.345. The van der Waals surface area contributed by atoms with E-state index >= 15 is 0 Å². The molecular weight excluding hydrogens is 242 g/mol. The molecule has 1 aromatic rings. The monoisotopic (exact) mass is 259 g/mol. The van der Waals surface area contributed by atoms with Gasteiger partial charge >= 0.3 is 0 Å². The van der Waals surface area contributed by atoms with Crippen molar-refractivity contribution in [3.8, 4) is 6.07 Å². The van der Waals surface area contributed by atoms with Gasteiger partial charge in [-0.15, -0.1) is 0 Å². The lowest BCUT2D eigenvalue weighted by atomic mass is 10.1. The van der Waals surface area contributed by atoms with Gasteiger partial charge in [0.2, 0.25) is 11.8 Å². The van der Waals surface area contributed by atoms with E-state index in [1.54, 1.807) is 7.05 Å². The van der Waals surface area contributed by atoms with Gasteiger partial charge in [-0.2, -0.15) is 5.26 Å². The number of nitriles is 1. The van der Waals surface area contributed by atoms with Crippen LogP contribution in [0.25, 0.3) is 0 Å². The van der Waals surface area contributed by atoms with Crippen molar-refractivity contribution in [2.75, 3.05) is 20.1 Å². The molecule has 0 aromatic heterocycles. The van der Waals surface area contributed by atoms with Gasteiger partial charge in [-0.05, 0) is 5.56 Å². The maximum atomic E-state index is 11.6. The number of amides is 2. The highest BCUT2D eigenvalue weighted by atomic mass is 16.2. The van der Waals surface area contributed by atoms with E-state index in [0.29, 0.717) is 13.0 Å². The number of likely N-dealkylation sites (N-methyl/N-ethyl adjacent to an activating group) is 1. The van der Waals surface area contributed by atoms with Gasteiger partial charge in [0.15, 0.2) is 0 Å². The van der Waals surface area contributed by atoms with Crippen LogP contribution < -0.4 is 5.32 Å². The molecule has 1 aromatic carbocycles. The second-order valence-corrected chi connectivity index (χ2v) is 4.16. The summed E-state index contributed by atoms with van der Waals surface area (Å²) in [5, 5.41) is 11.0. The Morgan fingerprint density at radius 1 is 1.32 bits per heavy atom. The first-order valence-electron chi connectivity index (χ1n) is 6.05. The van der Waals surface area contributed by atoms with Gasteiger partial charge in [0, 0.05) is 13.6 Å². The summed E-state index contributed by atoms with van der Waals surface area (Å²) in [5.41, 5.74) is 0.908. The van der Waals surface area contributed by atoms with Crippen LogP contribution in [0.1, 0.15) is 12.0 Å². The van der Waals surface area contributed by atoms with E-state index in [9.17, 15) is 9.59 Å². The zero-order valence-corrected chi connectivity index (χ0v) is 10.9. The van der Waals surface area contributed by atoms with Gasteiger partial charge in [-0.1, -0.05) is 30.3 Å². The van der Waals surface area contributed by atoms with Crippen molar-refractivity contribution in [3.05, 3.63) is 35.9 Å². The Labute approximate surface area is 112 Å². The quantitative estimate of drug-likeness (QED) is 0.818. The highest BCUT2D eigenvalue weighted by Crippen LogP contribution is 1.99. The molecule has 0 aliphatic carbocycles. The van der Waals surface area contributed by atoms with Crippen LogP contribution in [-0.4, -0.2) is 36.9 Å².